The van der Waals surface area contributed by atoms with E-state index in [0.29, 0.717) is 17.9 Å². The van der Waals surface area contributed by atoms with Crippen molar-refractivity contribution in [1.29, 1.82) is 0 Å². The molecule has 3 aliphatic heterocycles. The lowest BCUT2D eigenvalue weighted by atomic mass is 9.74. The maximum Gasteiger partial charge on any atom is 0.410 e. The van der Waals surface area contributed by atoms with Crippen LogP contribution in [0.1, 0.15) is 105 Å². The van der Waals surface area contributed by atoms with Gasteiger partial charge < -0.3 is 19.6 Å². The molecule has 4 aliphatic rings. The Balaban J connectivity index is 1.17. The molecule has 7 nitrogen and oxygen atoms in total. The van der Waals surface area contributed by atoms with Gasteiger partial charge in [-0.05, 0) is 76.3 Å². The van der Waals surface area contributed by atoms with E-state index in [9.17, 15) is 14.7 Å². The van der Waals surface area contributed by atoms with Crippen LogP contribution in [0.3, 0.4) is 0 Å². The zero-order valence-electron chi connectivity index (χ0n) is 25.8. The van der Waals surface area contributed by atoms with E-state index in [2.05, 4.69) is 4.90 Å². The first-order chi connectivity index (χ1) is 19.8. The second-order valence-corrected chi connectivity index (χ2v) is 13.6. The Bertz CT molecular complexity index is 1020. The number of carbonyl (C=O) groups excluding carboxylic acids is 2. The molecule has 5 rings (SSSR count). The van der Waals surface area contributed by atoms with Crippen LogP contribution in [-0.2, 0) is 4.74 Å². The van der Waals surface area contributed by atoms with Crippen molar-refractivity contribution in [3.8, 4) is 0 Å². The largest absolute Gasteiger partial charge is 0.442 e. The SMILES string of the molecule is Cc1cccc(C)c1C(=O)N1CCC(N2CCC3(CC2)OC(=O)N(CC2CCCCC2)CC3CCCC(C)O)CC1. The lowest BCUT2D eigenvalue weighted by Crippen LogP contribution is -2.61. The third-order valence-corrected chi connectivity index (χ3v) is 10.7. The molecule has 7 heteroatoms. The number of hydrogen-bond donors (Lipinski definition) is 1. The van der Waals surface area contributed by atoms with Gasteiger partial charge in [0.1, 0.15) is 5.60 Å². The molecule has 1 aromatic carbocycles. The van der Waals surface area contributed by atoms with Crippen molar-refractivity contribution in [3.05, 3.63) is 34.9 Å². The number of hydrogen-bond acceptors (Lipinski definition) is 5. The number of rotatable bonds is 8. The standard InChI is InChI=1S/C34H53N3O4/c1-25-9-7-10-26(2)31(25)32(39)36-19-15-30(16-20-36)35-21-17-34(18-22-35)29(14-8-11-27(3)38)24-37(33(40)41-34)23-28-12-5-4-6-13-28/h7,9-10,27-30,38H,4-6,8,11-24H2,1-3H3. The number of ether oxygens (including phenoxy) is 1. The van der Waals surface area contributed by atoms with E-state index < -0.39 is 0 Å². The summed E-state index contributed by atoms with van der Waals surface area (Å²) in [6.07, 6.45) is 12.5. The smallest absolute Gasteiger partial charge is 0.410 e. The Morgan fingerprint density at radius 1 is 1.02 bits per heavy atom. The van der Waals surface area contributed by atoms with Crippen molar-refractivity contribution in [2.24, 2.45) is 11.8 Å². The van der Waals surface area contributed by atoms with E-state index in [0.717, 1.165) is 101 Å². The zero-order chi connectivity index (χ0) is 29.0. The summed E-state index contributed by atoms with van der Waals surface area (Å²) in [7, 11) is 0. The molecule has 1 saturated carbocycles. The quantitative estimate of drug-likeness (QED) is 0.421. The van der Waals surface area contributed by atoms with Gasteiger partial charge in [-0.3, -0.25) is 9.69 Å². The topological polar surface area (TPSA) is 73.3 Å². The van der Waals surface area contributed by atoms with Gasteiger partial charge in [-0.15, -0.1) is 0 Å². The molecule has 2 unspecified atom stereocenters. The van der Waals surface area contributed by atoms with E-state index in [4.69, 9.17) is 4.74 Å². The number of aliphatic hydroxyl groups excluding tert-OH is 1. The fourth-order valence-corrected chi connectivity index (χ4v) is 8.20. The summed E-state index contributed by atoms with van der Waals surface area (Å²) >= 11 is 0. The van der Waals surface area contributed by atoms with E-state index in [1.165, 1.54) is 32.1 Å². The first-order valence-corrected chi connectivity index (χ1v) is 16.5. The van der Waals surface area contributed by atoms with Crippen molar-refractivity contribution < 1.29 is 19.4 Å². The van der Waals surface area contributed by atoms with Gasteiger partial charge in [-0.1, -0.05) is 43.9 Å². The molecule has 3 saturated heterocycles. The molecule has 1 spiro atoms. The van der Waals surface area contributed by atoms with Gasteiger partial charge in [0.05, 0.1) is 6.10 Å². The van der Waals surface area contributed by atoms with Crippen molar-refractivity contribution in [2.75, 3.05) is 39.3 Å². The minimum atomic E-state index is -0.381. The molecule has 1 N–H and O–H groups in total. The molecule has 0 bridgehead atoms. The summed E-state index contributed by atoms with van der Waals surface area (Å²) in [5.41, 5.74) is 2.60. The molecule has 228 valence electrons. The molecule has 0 aromatic heterocycles. The van der Waals surface area contributed by atoms with Gasteiger partial charge in [-0.25, -0.2) is 4.79 Å². The number of nitrogens with zero attached hydrogens (tertiary/aromatic N) is 3. The fourth-order valence-electron chi connectivity index (χ4n) is 8.20. The second kappa shape index (κ2) is 13.5. The Hall–Kier alpha value is -2.12. The van der Waals surface area contributed by atoms with Gasteiger partial charge in [0.15, 0.2) is 0 Å². The van der Waals surface area contributed by atoms with Crippen molar-refractivity contribution >= 4 is 12.0 Å². The minimum Gasteiger partial charge on any atom is -0.442 e. The maximum absolute atomic E-state index is 13.3. The van der Waals surface area contributed by atoms with Crippen LogP contribution in [0, 0.1) is 25.7 Å². The highest BCUT2D eigenvalue weighted by Gasteiger charge is 2.50. The van der Waals surface area contributed by atoms with Crippen LogP contribution in [0.4, 0.5) is 4.79 Å². The summed E-state index contributed by atoms with van der Waals surface area (Å²) < 4.78 is 6.44. The van der Waals surface area contributed by atoms with Crippen LogP contribution < -0.4 is 0 Å². The Morgan fingerprint density at radius 3 is 2.32 bits per heavy atom. The first-order valence-electron chi connectivity index (χ1n) is 16.5. The van der Waals surface area contributed by atoms with Crippen LogP contribution in [0.15, 0.2) is 18.2 Å². The Morgan fingerprint density at radius 2 is 1.68 bits per heavy atom. The van der Waals surface area contributed by atoms with Gasteiger partial charge >= 0.3 is 6.09 Å². The van der Waals surface area contributed by atoms with E-state index >= 15 is 0 Å². The molecule has 3 heterocycles. The summed E-state index contributed by atoms with van der Waals surface area (Å²) in [6, 6.07) is 6.56. The number of piperidine rings is 2. The molecule has 2 amide bonds. The number of aryl methyl sites for hydroxylation is 2. The average molecular weight is 568 g/mol. The number of amides is 2. The summed E-state index contributed by atoms with van der Waals surface area (Å²) in [4.78, 5) is 33.3. The van der Waals surface area contributed by atoms with Gasteiger partial charge in [0.25, 0.3) is 5.91 Å². The molecule has 4 fully saturated rings. The van der Waals surface area contributed by atoms with E-state index in [1.807, 2.05) is 48.8 Å². The highest BCUT2D eigenvalue weighted by molar-refractivity contribution is 5.97. The van der Waals surface area contributed by atoms with Crippen molar-refractivity contribution in [2.45, 2.75) is 116 Å². The third-order valence-electron chi connectivity index (χ3n) is 10.7. The van der Waals surface area contributed by atoms with E-state index in [-0.39, 0.29) is 23.7 Å². The van der Waals surface area contributed by atoms with Crippen LogP contribution >= 0.6 is 0 Å². The number of carbonyl (C=O) groups is 2. The van der Waals surface area contributed by atoms with Crippen LogP contribution in [0.2, 0.25) is 0 Å². The summed E-state index contributed by atoms with van der Waals surface area (Å²) in [5, 5.41) is 9.89. The summed E-state index contributed by atoms with van der Waals surface area (Å²) in [5.74, 6) is 1.10. The van der Waals surface area contributed by atoms with Crippen LogP contribution in [-0.4, -0.2) is 88.8 Å². The fraction of sp³-hybridized carbons (Fsp3) is 0.765. The lowest BCUT2D eigenvalue weighted by molar-refractivity contribution is -0.127. The molecule has 0 radical (unpaired) electrons. The molecule has 2 atom stereocenters. The predicted octanol–water partition coefficient (Wildman–Crippen LogP) is 5.94. The van der Waals surface area contributed by atoms with Crippen molar-refractivity contribution in [3.63, 3.8) is 0 Å². The number of benzene rings is 1. The van der Waals surface area contributed by atoms with Crippen LogP contribution in [0.5, 0.6) is 0 Å². The predicted molar refractivity (Wildman–Crippen MR) is 162 cm³/mol. The Kier molecular flexibility index (Phi) is 9.96. The van der Waals surface area contributed by atoms with Crippen LogP contribution in [0.25, 0.3) is 0 Å². The third kappa shape index (κ3) is 7.10. The van der Waals surface area contributed by atoms with Gasteiger partial charge in [0.2, 0.25) is 0 Å². The normalized spacial score (nSPS) is 25.4. The number of likely N-dealkylation sites (tertiary alicyclic amines) is 2. The zero-order valence-corrected chi connectivity index (χ0v) is 25.8. The molecule has 1 aromatic rings. The van der Waals surface area contributed by atoms with Gasteiger partial charge in [-0.2, -0.15) is 0 Å². The monoisotopic (exact) mass is 567 g/mol. The lowest BCUT2D eigenvalue weighted by Gasteiger charge is -2.52. The Labute approximate surface area is 247 Å². The van der Waals surface area contributed by atoms with Gasteiger partial charge in [0, 0.05) is 69.6 Å². The minimum absolute atomic E-state index is 0.103. The molecule has 41 heavy (non-hydrogen) atoms. The number of aliphatic hydroxyl groups is 1. The first kappa shape index (κ1) is 30.3. The average Bonchev–Trinajstić information content (AvgIpc) is 2.96. The summed E-state index contributed by atoms with van der Waals surface area (Å²) in [6.45, 7) is 11.0. The van der Waals surface area contributed by atoms with E-state index in [1.54, 1.807) is 0 Å². The molecular weight excluding hydrogens is 514 g/mol. The van der Waals surface area contributed by atoms with Crippen molar-refractivity contribution in [1.82, 2.24) is 14.7 Å². The highest BCUT2D eigenvalue weighted by Crippen LogP contribution is 2.42. The second-order valence-electron chi connectivity index (χ2n) is 13.6. The maximum atomic E-state index is 13.3. The molecular formula is C34H53N3O4. The highest BCUT2D eigenvalue weighted by atomic mass is 16.6. The molecule has 1 aliphatic carbocycles.